The number of amides is 3. The van der Waals surface area contributed by atoms with Gasteiger partial charge < -0.3 is 15.2 Å². The maximum absolute atomic E-state index is 13.6. The van der Waals surface area contributed by atoms with Crippen molar-refractivity contribution in [3.05, 3.63) is 71.9 Å². The largest absolute Gasteiger partial charge is 0.361 e. The summed E-state index contributed by atoms with van der Waals surface area (Å²) < 4.78 is 0. The van der Waals surface area contributed by atoms with E-state index < -0.39 is 11.5 Å². The topological polar surface area (TPSA) is 97.5 Å². The van der Waals surface area contributed by atoms with Crippen LogP contribution in [0.2, 0.25) is 0 Å². The van der Waals surface area contributed by atoms with E-state index in [2.05, 4.69) is 15.7 Å². The van der Waals surface area contributed by atoms with Crippen molar-refractivity contribution in [2.75, 3.05) is 27.2 Å². The number of nitrogens with zero attached hydrogens (tertiary/aromatic N) is 2. The van der Waals surface area contributed by atoms with Gasteiger partial charge in [0.25, 0.3) is 0 Å². The number of nitrogens with one attached hydrogen (secondary N) is 3. The van der Waals surface area contributed by atoms with Crippen LogP contribution in [0.1, 0.15) is 30.9 Å². The van der Waals surface area contributed by atoms with Crippen LogP contribution in [0.4, 0.5) is 0 Å². The maximum Gasteiger partial charge on any atom is 0.245 e. The van der Waals surface area contributed by atoms with Crippen LogP contribution in [0.3, 0.4) is 0 Å². The Labute approximate surface area is 212 Å². The van der Waals surface area contributed by atoms with Gasteiger partial charge in [-0.05, 0) is 36.5 Å². The number of carbonyl (C=O) groups is 3. The first-order chi connectivity index (χ1) is 17.3. The zero-order chi connectivity index (χ0) is 25.7. The molecule has 1 fully saturated rings. The third-order valence-electron chi connectivity index (χ3n) is 7.00. The average Bonchev–Trinajstić information content (AvgIpc) is 3.26. The van der Waals surface area contributed by atoms with Crippen LogP contribution in [0.15, 0.2) is 60.8 Å². The fraction of sp³-hybridized carbons (Fsp3) is 0.393. The molecule has 8 heteroatoms. The van der Waals surface area contributed by atoms with Gasteiger partial charge in [-0.3, -0.25) is 19.8 Å². The monoisotopic (exact) mass is 489 g/mol. The smallest absolute Gasteiger partial charge is 0.245 e. The first kappa shape index (κ1) is 25.4. The first-order valence-corrected chi connectivity index (χ1v) is 12.4. The molecule has 1 aromatic heterocycles. The lowest BCUT2D eigenvalue weighted by Gasteiger charge is -2.42. The number of para-hydroxylation sites is 1. The van der Waals surface area contributed by atoms with E-state index in [1.54, 1.807) is 24.0 Å². The minimum absolute atomic E-state index is 0.0272. The number of H-pyrrole nitrogens is 1. The summed E-state index contributed by atoms with van der Waals surface area (Å²) >= 11 is 0. The standard InChI is InChI=1S/C28H35N5O3/c1-20(34)30-25(17-22-19-29-24-12-8-7-11-23(22)24)26(35)33-15-13-28(14-16-33,27(36)31-32(2)3)18-21-9-5-4-6-10-21/h4-12,19,25,29H,13-18H2,1-3H3,(H,30,34)(H,31,36)/t25-/m1/s1. The number of benzene rings is 2. The number of hydrogen-bond donors (Lipinski definition) is 3. The van der Waals surface area contributed by atoms with E-state index in [1.807, 2.05) is 60.8 Å². The second kappa shape index (κ2) is 11.0. The molecule has 1 aliphatic heterocycles. The van der Waals surface area contributed by atoms with Gasteiger partial charge in [-0.15, -0.1) is 0 Å². The molecule has 1 aliphatic rings. The predicted octanol–water partition coefficient (Wildman–Crippen LogP) is 2.66. The summed E-state index contributed by atoms with van der Waals surface area (Å²) in [5.74, 6) is -0.383. The summed E-state index contributed by atoms with van der Waals surface area (Å²) in [5, 5.41) is 5.57. The van der Waals surface area contributed by atoms with Crippen molar-refractivity contribution in [1.29, 1.82) is 0 Å². The minimum Gasteiger partial charge on any atom is -0.361 e. The molecule has 8 nitrogen and oxygen atoms in total. The molecule has 0 radical (unpaired) electrons. The molecule has 2 heterocycles. The van der Waals surface area contributed by atoms with Gasteiger partial charge in [0, 0.05) is 57.6 Å². The number of hydrogen-bond acceptors (Lipinski definition) is 4. The summed E-state index contributed by atoms with van der Waals surface area (Å²) in [4.78, 5) is 43.9. The van der Waals surface area contributed by atoms with E-state index in [4.69, 9.17) is 0 Å². The molecule has 3 N–H and O–H groups in total. The molecular weight excluding hydrogens is 454 g/mol. The molecule has 3 aromatic rings. The van der Waals surface area contributed by atoms with E-state index in [1.165, 1.54) is 6.92 Å². The van der Waals surface area contributed by atoms with E-state index >= 15 is 0 Å². The quantitative estimate of drug-likeness (QED) is 0.424. The predicted molar refractivity (Wildman–Crippen MR) is 140 cm³/mol. The van der Waals surface area contributed by atoms with Crippen molar-refractivity contribution in [1.82, 2.24) is 25.6 Å². The van der Waals surface area contributed by atoms with Crippen molar-refractivity contribution in [3.8, 4) is 0 Å². The van der Waals surface area contributed by atoms with Crippen LogP contribution >= 0.6 is 0 Å². The lowest BCUT2D eigenvalue weighted by molar-refractivity contribution is -0.144. The second-order valence-electron chi connectivity index (χ2n) is 9.92. The number of piperidine rings is 1. The third-order valence-corrected chi connectivity index (χ3v) is 7.00. The molecule has 4 rings (SSSR count). The zero-order valence-electron chi connectivity index (χ0n) is 21.2. The number of carbonyl (C=O) groups excluding carboxylic acids is 3. The summed E-state index contributed by atoms with van der Waals surface area (Å²) in [7, 11) is 3.60. The van der Waals surface area contributed by atoms with E-state index in [0.717, 1.165) is 22.0 Å². The van der Waals surface area contributed by atoms with Crippen LogP contribution < -0.4 is 10.7 Å². The number of fused-ring (bicyclic) bond motifs is 1. The maximum atomic E-state index is 13.6. The summed E-state index contributed by atoms with van der Waals surface area (Å²) in [6.45, 7) is 2.34. The fourth-order valence-electron chi connectivity index (χ4n) is 5.13. The molecule has 0 unspecified atom stereocenters. The number of aromatic nitrogens is 1. The average molecular weight is 490 g/mol. The van der Waals surface area contributed by atoms with Crippen molar-refractivity contribution >= 4 is 28.6 Å². The Morgan fingerprint density at radius 1 is 1.03 bits per heavy atom. The van der Waals surface area contributed by atoms with Gasteiger partial charge in [0.1, 0.15) is 6.04 Å². The highest BCUT2D eigenvalue weighted by Gasteiger charge is 2.43. The molecule has 2 aromatic carbocycles. The number of aromatic amines is 1. The lowest BCUT2D eigenvalue weighted by atomic mass is 9.73. The molecule has 190 valence electrons. The highest BCUT2D eigenvalue weighted by Crippen LogP contribution is 2.36. The van der Waals surface area contributed by atoms with Crippen molar-refractivity contribution < 1.29 is 14.4 Å². The molecule has 0 bridgehead atoms. The molecule has 0 spiro atoms. The first-order valence-electron chi connectivity index (χ1n) is 12.4. The third kappa shape index (κ3) is 5.76. The SMILES string of the molecule is CC(=O)N[C@H](Cc1c[nH]c2ccccc12)C(=O)N1CCC(Cc2ccccc2)(C(=O)NN(C)C)CC1. The summed E-state index contributed by atoms with van der Waals surface area (Å²) in [5.41, 5.74) is 5.42. The fourth-order valence-corrected chi connectivity index (χ4v) is 5.13. The van der Waals surface area contributed by atoms with Gasteiger partial charge in [-0.1, -0.05) is 48.5 Å². The van der Waals surface area contributed by atoms with Gasteiger partial charge in [0.15, 0.2) is 0 Å². The molecule has 1 saturated heterocycles. The summed E-state index contributed by atoms with van der Waals surface area (Å²) in [6.07, 6.45) is 4.01. The van der Waals surface area contributed by atoms with Crippen LogP contribution in [-0.4, -0.2) is 65.8 Å². The van der Waals surface area contributed by atoms with Gasteiger partial charge in [0.2, 0.25) is 17.7 Å². The second-order valence-corrected chi connectivity index (χ2v) is 9.92. The Kier molecular flexibility index (Phi) is 7.74. The van der Waals surface area contributed by atoms with Crippen molar-refractivity contribution in [2.24, 2.45) is 5.41 Å². The van der Waals surface area contributed by atoms with Gasteiger partial charge in [-0.25, -0.2) is 5.01 Å². The zero-order valence-corrected chi connectivity index (χ0v) is 21.2. The van der Waals surface area contributed by atoms with Crippen molar-refractivity contribution in [3.63, 3.8) is 0 Å². The van der Waals surface area contributed by atoms with Crippen LogP contribution in [-0.2, 0) is 27.2 Å². The number of rotatable bonds is 8. The van der Waals surface area contributed by atoms with Crippen LogP contribution in [0.25, 0.3) is 10.9 Å². The molecule has 0 aliphatic carbocycles. The van der Waals surface area contributed by atoms with Crippen LogP contribution in [0.5, 0.6) is 0 Å². The molecule has 1 atom stereocenters. The van der Waals surface area contributed by atoms with E-state index in [9.17, 15) is 14.4 Å². The molecule has 36 heavy (non-hydrogen) atoms. The van der Waals surface area contributed by atoms with Crippen LogP contribution in [0, 0.1) is 5.41 Å². The van der Waals surface area contributed by atoms with Gasteiger partial charge >= 0.3 is 0 Å². The normalized spacial score (nSPS) is 16.1. The van der Waals surface area contributed by atoms with E-state index in [-0.39, 0.29) is 17.7 Å². The molecule has 0 saturated carbocycles. The van der Waals surface area contributed by atoms with Crippen molar-refractivity contribution in [2.45, 2.75) is 38.6 Å². The Morgan fingerprint density at radius 2 is 1.69 bits per heavy atom. The molecular formula is C28H35N5O3. The Bertz CT molecular complexity index is 1210. The Morgan fingerprint density at radius 3 is 2.36 bits per heavy atom. The van der Waals surface area contributed by atoms with Gasteiger partial charge in [0.05, 0.1) is 5.41 Å². The minimum atomic E-state index is -0.668. The van der Waals surface area contributed by atoms with E-state index in [0.29, 0.717) is 38.8 Å². The molecule has 3 amide bonds. The Hall–Kier alpha value is -3.65. The lowest BCUT2D eigenvalue weighted by Crippen LogP contribution is -2.56. The number of likely N-dealkylation sites (tertiary alicyclic amines) is 1. The number of hydrazine groups is 1. The highest BCUT2D eigenvalue weighted by molar-refractivity contribution is 5.89. The summed E-state index contributed by atoms with van der Waals surface area (Å²) in [6, 6.07) is 17.3. The highest BCUT2D eigenvalue weighted by atomic mass is 16.2. The Balaban J connectivity index is 1.51. The van der Waals surface area contributed by atoms with Gasteiger partial charge in [-0.2, -0.15) is 0 Å².